The molecule has 1 aliphatic heterocycles. The van der Waals surface area contributed by atoms with E-state index >= 15 is 0 Å². The maximum Gasteiger partial charge on any atom is 0.325 e. The van der Waals surface area contributed by atoms with Crippen LogP contribution in [0.15, 0.2) is 47.4 Å². The van der Waals surface area contributed by atoms with Gasteiger partial charge in [-0.05, 0) is 59.9 Å². The molecule has 2 aromatic rings. The molecule has 1 unspecified atom stereocenters. The van der Waals surface area contributed by atoms with E-state index in [0.29, 0.717) is 13.0 Å². The minimum atomic E-state index is -1.92. The zero-order valence-corrected chi connectivity index (χ0v) is 23.0. The number of benzene rings is 2. The second-order valence-corrected chi connectivity index (χ2v) is 16.1. The van der Waals surface area contributed by atoms with Crippen molar-refractivity contribution in [2.75, 3.05) is 25.7 Å². The molecule has 0 saturated heterocycles. The maximum atomic E-state index is 13.5. The van der Waals surface area contributed by atoms with Crippen LogP contribution in [0.3, 0.4) is 0 Å². The highest BCUT2D eigenvalue weighted by atomic mass is 32.2. The summed E-state index contributed by atoms with van der Waals surface area (Å²) in [6.07, 6.45) is 0.556. The van der Waals surface area contributed by atoms with E-state index in [1.54, 1.807) is 12.0 Å². The highest BCUT2D eigenvalue weighted by molar-refractivity contribution is 8.01. The zero-order chi connectivity index (χ0) is 25.1. The van der Waals surface area contributed by atoms with Crippen molar-refractivity contribution >= 4 is 37.6 Å². The number of hydrogen-bond acceptors (Lipinski definition) is 6. The van der Waals surface area contributed by atoms with Gasteiger partial charge in [-0.3, -0.25) is 14.5 Å². The fraction of sp³-hybridized carbons (Fsp3) is 0.462. The Balaban J connectivity index is 1.86. The van der Waals surface area contributed by atoms with Crippen LogP contribution < -0.4 is 9.64 Å². The molecule has 3 rings (SSSR count). The fourth-order valence-electron chi connectivity index (χ4n) is 3.40. The minimum Gasteiger partial charge on any atom is -0.497 e. The van der Waals surface area contributed by atoms with E-state index in [-0.39, 0.29) is 22.7 Å². The molecule has 184 valence electrons. The van der Waals surface area contributed by atoms with Crippen LogP contribution >= 0.6 is 11.8 Å². The van der Waals surface area contributed by atoms with E-state index in [1.165, 1.54) is 18.9 Å². The van der Waals surface area contributed by atoms with Gasteiger partial charge in [-0.25, -0.2) is 0 Å². The van der Waals surface area contributed by atoms with Crippen LogP contribution in [0.4, 0.5) is 5.69 Å². The van der Waals surface area contributed by atoms with Gasteiger partial charge in [0.25, 0.3) is 0 Å². The number of carbonyl (C=O) groups is 2. The van der Waals surface area contributed by atoms with Crippen LogP contribution in [0, 0.1) is 0 Å². The molecule has 8 heteroatoms. The second kappa shape index (κ2) is 10.5. The summed E-state index contributed by atoms with van der Waals surface area (Å²) in [6.45, 7) is 11.4. The first-order valence-electron chi connectivity index (χ1n) is 11.4. The van der Waals surface area contributed by atoms with Gasteiger partial charge in [-0.1, -0.05) is 39.0 Å². The van der Waals surface area contributed by atoms with Crippen molar-refractivity contribution < 1.29 is 23.5 Å². The number of carbonyl (C=O) groups excluding carboxylic acids is 2. The van der Waals surface area contributed by atoms with E-state index in [9.17, 15) is 9.59 Å². The third kappa shape index (κ3) is 6.03. The molecule has 1 atom stereocenters. The molecule has 0 aromatic heterocycles. The van der Waals surface area contributed by atoms with Gasteiger partial charge in [0.1, 0.15) is 12.3 Å². The fourth-order valence-corrected chi connectivity index (χ4v) is 5.61. The molecule has 6 nitrogen and oxygen atoms in total. The first-order chi connectivity index (χ1) is 15.9. The summed E-state index contributed by atoms with van der Waals surface area (Å²) < 4.78 is 16.5. The molecule has 1 heterocycles. The predicted octanol–water partition coefficient (Wildman–Crippen LogP) is 5.44. The number of methoxy groups -OCH3 is 2. The summed E-state index contributed by atoms with van der Waals surface area (Å²) in [7, 11) is 1.05. The minimum absolute atomic E-state index is 0.0961. The molecular weight excluding hydrogens is 466 g/mol. The first-order valence-corrected chi connectivity index (χ1v) is 15.2. The lowest BCUT2D eigenvalue weighted by atomic mass is 10.1. The van der Waals surface area contributed by atoms with Crippen molar-refractivity contribution in [1.82, 2.24) is 0 Å². The molecule has 0 fully saturated rings. The highest BCUT2D eigenvalue weighted by Gasteiger charge is 2.38. The summed E-state index contributed by atoms with van der Waals surface area (Å²) in [4.78, 5) is 28.2. The van der Waals surface area contributed by atoms with Gasteiger partial charge in [0, 0.05) is 4.90 Å². The Morgan fingerprint density at radius 1 is 1.06 bits per heavy atom. The average Bonchev–Trinajstić information content (AvgIpc) is 2.80. The molecule has 2 aromatic carbocycles. The molecule has 0 bridgehead atoms. The topological polar surface area (TPSA) is 65.1 Å². The first kappa shape index (κ1) is 26.3. The van der Waals surface area contributed by atoms with Crippen molar-refractivity contribution in [3.05, 3.63) is 53.6 Å². The number of hydrogen-bond donors (Lipinski definition) is 0. The summed E-state index contributed by atoms with van der Waals surface area (Å²) in [5.74, 6) is 0.231. The normalized spacial score (nSPS) is 16.3. The van der Waals surface area contributed by atoms with Gasteiger partial charge in [-0.15, -0.1) is 11.8 Å². The lowest BCUT2D eigenvalue weighted by Crippen LogP contribution is -2.45. The van der Waals surface area contributed by atoms with Gasteiger partial charge in [-0.2, -0.15) is 0 Å². The summed E-state index contributed by atoms with van der Waals surface area (Å²) in [5.41, 5.74) is 2.76. The second-order valence-electron chi connectivity index (χ2n) is 10.0. The van der Waals surface area contributed by atoms with Crippen LogP contribution in [0.5, 0.6) is 5.75 Å². The number of fused-ring (bicyclic) bond motifs is 1. The Morgan fingerprint density at radius 2 is 1.71 bits per heavy atom. The van der Waals surface area contributed by atoms with Crippen molar-refractivity contribution in [2.24, 2.45) is 0 Å². The molecule has 0 aliphatic carbocycles. The zero-order valence-electron chi connectivity index (χ0n) is 21.1. The van der Waals surface area contributed by atoms with Crippen LogP contribution in [0.25, 0.3) is 0 Å². The smallest absolute Gasteiger partial charge is 0.325 e. The summed E-state index contributed by atoms with van der Waals surface area (Å²) in [6, 6.07) is 13.8. The number of esters is 1. The van der Waals surface area contributed by atoms with Gasteiger partial charge < -0.3 is 13.9 Å². The van der Waals surface area contributed by atoms with Crippen molar-refractivity contribution in [1.29, 1.82) is 0 Å². The average molecular weight is 502 g/mol. The number of nitrogens with zero attached hydrogens (tertiary/aromatic N) is 1. The Labute approximate surface area is 208 Å². The molecule has 0 N–H and O–H groups in total. The van der Waals surface area contributed by atoms with Crippen LogP contribution in [0.1, 0.15) is 31.9 Å². The maximum absolute atomic E-state index is 13.5. The Morgan fingerprint density at radius 3 is 2.29 bits per heavy atom. The van der Waals surface area contributed by atoms with E-state index in [1.807, 2.05) is 36.4 Å². The number of anilines is 1. The largest absolute Gasteiger partial charge is 0.497 e. The Kier molecular flexibility index (Phi) is 8.16. The third-order valence-corrected chi connectivity index (χ3v) is 12.4. The quantitative estimate of drug-likeness (QED) is 0.354. The van der Waals surface area contributed by atoms with E-state index in [4.69, 9.17) is 13.9 Å². The summed E-state index contributed by atoms with van der Waals surface area (Å²) >= 11 is 1.54. The van der Waals surface area contributed by atoms with Crippen molar-refractivity contribution in [3.63, 3.8) is 0 Å². The third-order valence-electron chi connectivity index (χ3n) is 6.63. The molecule has 1 aliphatic rings. The van der Waals surface area contributed by atoms with E-state index in [0.717, 1.165) is 27.5 Å². The summed E-state index contributed by atoms with van der Waals surface area (Å²) in [5, 5.41) is -0.224. The molecule has 1 amide bonds. The molecule has 0 saturated carbocycles. The molecular formula is C26H35NO5SSi. The van der Waals surface area contributed by atoms with Crippen LogP contribution in [0.2, 0.25) is 18.1 Å². The molecule has 0 radical (unpaired) electrons. The van der Waals surface area contributed by atoms with E-state index in [2.05, 4.69) is 39.9 Å². The van der Waals surface area contributed by atoms with Gasteiger partial charge in [0.2, 0.25) is 5.91 Å². The SMILES string of the molecule is COC(=O)CN1C(=O)C(Cc2ccc(OC)cc2)Sc2ccc(CO[Si](C)(C)C(C)(C)C)cc21. The van der Waals surface area contributed by atoms with Crippen LogP contribution in [-0.2, 0) is 31.8 Å². The van der Waals surface area contributed by atoms with Crippen LogP contribution in [-0.4, -0.2) is 46.2 Å². The number of ether oxygens (including phenoxy) is 2. The predicted molar refractivity (Wildman–Crippen MR) is 139 cm³/mol. The lowest BCUT2D eigenvalue weighted by Gasteiger charge is -2.36. The van der Waals surface area contributed by atoms with E-state index < -0.39 is 14.3 Å². The molecule has 0 spiro atoms. The standard InChI is InChI=1S/C26H35NO5SSi/c1-26(2,3)34(6,7)32-17-19-10-13-22-21(14-19)27(16-24(28)31-5)25(29)23(33-22)15-18-8-11-20(30-4)12-9-18/h8-14,23H,15-17H2,1-7H3. The van der Waals surface area contributed by atoms with Gasteiger partial charge in [0.15, 0.2) is 8.32 Å². The Bertz CT molecular complexity index is 1030. The van der Waals surface area contributed by atoms with Crippen molar-refractivity contribution in [2.45, 2.75) is 62.1 Å². The Hall–Kier alpha value is -2.29. The van der Waals surface area contributed by atoms with Gasteiger partial charge >= 0.3 is 5.97 Å². The number of rotatable bonds is 8. The monoisotopic (exact) mass is 501 g/mol. The number of amides is 1. The van der Waals surface area contributed by atoms with Crippen molar-refractivity contribution in [3.8, 4) is 5.75 Å². The number of thioether (sulfide) groups is 1. The molecule has 34 heavy (non-hydrogen) atoms. The lowest BCUT2D eigenvalue weighted by molar-refractivity contribution is -0.140. The van der Waals surface area contributed by atoms with Gasteiger partial charge in [0.05, 0.1) is 31.8 Å². The highest BCUT2D eigenvalue weighted by Crippen LogP contribution is 2.42.